The van der Waals surface area contributed by atoms with Crippen molar-refractivity contribution in [1.82, 2.24) is 34.6 Å². The minimum Gasteiger partial charge on any atom is -0.491 e. The summed E-state index contributed by atoms with van der Waals surface area (Å²) in [5.74, 6) is 2.48. The van der Waals surface area contributed by atoms with Crippen LogP contribution in [0.4, 0.5) is 10.9 Å². The summed E-state index contributed by atoms with van der Waals surface area (Å²) in [7, 11) is 1.66. The number of benzene rings is 1. The van der Waals surface area contributed by atoms with Crippen LogP contribution >= 0.6 is 11.3 Å². The van der Waals surface area contributed by atoms with E-state index in [0.29, 0.717) is 95.6 Å². The van der Waals surface area contributed by atoms with Gasteiger partial charge in [0.2, 0.25) is 29.5 Å². The molecular formula is C45H56N10O7S. The van der Waals surface area contributed by atoms with Crippen molar-refractivity contribution in [2.24, 2.45) is 18.9 Å². The lowest BCUT2D eigenvalue weighted by Gasteiger charge is -2.35. The van der Waals surface area contributed by atoms with Crippen molar-refractivity contribution < 1.29 is 28.3 Å². The summed E-state index contributed by atoms with van der Waals surface area (Å²) in [6.07, 6.45) is 10.1. The fraction of sp³-hybridized carbons (Fsp3) is 0.556. The first-order valence-electron chi connectivity index (χ1n) is 22.1. The second kappa shape index (κ2) is 19.0. The van der Waals surface area contributed by atoms with Crippen LogP contribution in [-0.2, 0) is 37.9 Å². The van der Waals surface area contributed by atoms with Gasteiger partial charge in [0.15, 0.2) is 0 Å². The summed E-state index contributed by atoms with van der Waals surface area (Å²) < 4.78 is 26.5. The molecule has 1 aliphatic carbocycles. The number of aromatic nitrogens is 6. The summed E-state index contributed by atoms with van der Waals surface area (Å²) in [6, 6.07) is 8.96. The molecule has 334 valence electrons. The zero-order chi connectivity index (χ0) is 44.3. The molecule has 0 bridgehead atoms. The minimum absolute atomic E-state index is 0.190. The summed E-state index contributed by atoms with van der Waals surface area (Å²) in [4.78, 5) is 55.0. The number of anilines is 2. The van der Waals surface area contributed by atoms with E-state index in [4.69, 9.17) is 34.4 Å². The van der Waals surface area contributed by atoms with Crippen LogP contribution in [0, 0.1) is 23.2 Å². The highest BCUT2D eigenvalue weighted by molar-refractivity contribution is 7.16. The molecule has 0 saturated carbocycles. The van der Waals surface area contributed by atoms with Crippen molar-refractivity contribution in [2.75, 3.05) is 50.2 Å². The highest BCUT2D eigenvalue weighted by Crippen LogP contribution is 2.48. The Hall–Kier alpha value is -5.64. The molecule has 5 atom stereocenters. The summed E-state index contributed by atoms with van der Waals surface area (Å²) in [5.41, 5.74) is 8.62. The van der Waals surface area contributed by atoms with E-state index in [-0.39, 0.29) is 30.5 Å². The van der Waals surface area contributed by atoms with Crippen molar-refractivity contribution in [1.29, 1.82) is 5.26 Å². The van der Waals surface area contributed by atoms with Crippen LogP contribution in [0.25, 0.3) is 22.6 Å². The number of fused-ring (bicyclic) bond motifs is 2. The van der Waals surface area contributed by atoms with Crippen molar-refractivity contribution in [3.63, 3.8) is 0 Å². The van der Waals surface area contributed by atoms with Crippen molar-refractivity contribution in [3.8, 4) is 23.3 Å². The van der Waals surface area contributed by atoms with Crippen molar-refractivity contribution >= 4 is 45.1 Å². The molecule has 17 nitrogen and oxygen atoms in total. The monoisotopic (exact) mass is 880 g/mol. The van der Waals surface area contributed by atoms with Gasteiger partial charge in [0.1, 0.15) is 35.2 Å². The molecule has 6 heterocycles. The highest BCUT2D eigenvalue weighted by atomic mass is 32.1. The highest BCUT2D eigenvalue weighted by Gasteiger charge is 2.43. The largest absolute Gasteiger partial charge is 0.491 e. The number of hydrogen-bond donors (Lipinski definition) is 2. The Labute approximate surface area is 369 Å². The van der Waals surface area contributed by atoms with Gasteiger partial charge in [-0.2, -0.15) is 10.2 Å². The Balaban J connectivity index is 0.751. The van der Waals surface area contributed by atoms with Crippen LogP contribution in [0.1, 0.15) is 106 Å². The number of nitrogen functional groups attached to an aromatic ring is 1. The van der Waals surface area contributed by atoms with Gasteiger partial charge in [-0.25, -0.2) is 14.8 Å². The number of nitriles is 1. The van der Waals surface area contributed by atoms with E-state index in [1.165, 1.54) is 20.5 Å². The van der Waals surface area contributed by atoms with Crippen LogP contribution < -0.4 is 26.4 Å². The maximum absolute atomic E-state index is 13.0. The maximum Gasteiger partial charge on any atom is 0.329 e. The molecule has 2 amide bonds. The van der Waals surface area contributed by atoms with Gasteiger partial charge >= 0.3 is 5.69 Å². The zero-order valence-electron chi connectivity index (χ0n) is 36.4. The summed E-state index contributed by atoms with van der Waals surface area (Å²) in [6.45, 7) is 9.85. The number of nitrogens with two attached hydrogens (primary N) is 1. The smallest absolute Gasteiger partial charge is 0.329 e. The van der Waals surface area contributed by atoms with Gasteiger partial charge in [-0.3, -0.25) is 24.0 Å². The Morgan fingerprint density at radius 3 is 2.65 bits per heavy atom. The predicted octanol–water partition coefficient (Wildman–Crippen LogP) is 5.84. The van der Waals surface area contributed by atoms with E-state index in [0.717, 1.165) is 68.4 Å². The van der Waals surface area contributed by atoms with Crippen LogP contribution in [0.5, 0.6) is 5.75 Å². The third-order valence-electron chi connectivity index (χ3n) is 13.2. The molecule has 18 heteroatoms. The average Bonchev–Trinajstić information content (AvgIpc) is 3.97. The van der Waals surface area contributed by atoms with E-state index >= 15 is 0 Å². The van der Waals surface area contributed by atoms with E-state index in [1.807, 2.05) is 6.07 Å². The predicted molar refractivity (Wildman–Crippen MR) is 236 cm³/mol. The molecule has 5 aromatic rings. The van der Waals surface area contributed by atoms with Crippen LogP contribution in [0.2, 0.25) is 0 Å². The first kappa shape index (κ1) is 44.0. The van der Waals surface area contributed by atoms with Gasteiger partial charge in [0.05, 0.1) is 41.8 Å². The number of hydrogen-bond acceptors (Lipinski definition) is 15. The van der Waals surface area contributed by atoms with Gasteiger partial charge in [0, 0.05) is 55.4 Å². The molecule has 3 unspecified atom stereocenters. The van der Waals surface area contributed by atoms with Crippen LogP contribution in [-0.4, -0.2) is 86.7 Å². The maximum atomic E-state index is 13.0. The molecule has 0 radical (unpaired) electrons. The van der Waals surface area contributed by atoms with Crippen molar-refractivity contribution in [2.45, 2.75) is 102 Å². The third-order valence-corrected chi connectivity index (χ3v) is 14.3. The second-order valence-corrected chi connectivity index (χ2v) is 18.4. The quantitative estimate of drug-likeness (QED) is 0.0933. The number of aryl methyl sites for hydroxylation is 2. The number of imide groups is 1. The van der Waals surface area contributed by atoms with Gasteiger partial charge in [-0.15, -0.1) is 11.3 Å². The molecule has 4 aromatic heterocycles. The second-order valence-electron chi connectivity index (χ2n) is 17.3. The van der Waals surface area contributed by atoms with Crippen molar-refractivity contribution in [3.05, 3.63) is 62.8 Å². The molecule has 3 aliphatic rings. The van der Waals surface area contributed by atoms with E-state index in [9.17, 15) is 19.6 Å². The number of carbonyl (C=O) groups is 2. The first-order valence-corrected chi connectivity index (χ1v) is 22.9. The number of imidazole rings is 1. The number of nitrogens with one attached hydrogen (secondary N) is 1. The molecular weight excluding hydrogens is 825 g/mol. The van der Waals surface area contributed by atoms with Gasteiger partial charge in [-0.05, 0) is 102 Å². The topological polar surface area (TPSA) is 219 Å². The molecule has 0 spiro atoms. The molecule has 2 aliphatic heterocycles. The van der Waals surface area contributed by atoms with E-state index < -0.39 is 17.4 Å². The number of thiophene rings is 1. The van der Waals surface area contributed by atoms with Gasteiger partial charge in [0.25, 0.3) is 0 Å². The Bertz CT molecular complexity index is 2560. The lowest BCUT2D eigenvalue weighted by atomic mass is 9.72. The first-order chi connectivity index (χ1) is 30.5. The van der Waals surface area contributed by atoms with Gasteiger partial charge in [-0.1, -0.05) is 12.1 Å². The zero-order valence-corrected chi connectivity index (χ0v) is 37.2. The normalized spacial score (nSPS) is 22.3. The Kier molecular flexibility index (Phi) is 13.3. The van der Waals surface area contributed by atoms with Crippen LogP contribution in [0.3, 0.4) is 0 Å². The fourth-order valence-electron chi connectivity index (χ4n) is 9.55. The standard InChI is InChI=1S/C45H56N10O7S/c1-27(16-20-59-21-22-60-23-24-61-30-11-12-33-35(25-30)53(4)44(58)55(33)34-13-14-37(56)50-41(34)57)29-7-6-19-54(28(2)9-10-29)43-48-18-15-32(49-43)40-51-42(62-52-40)45(3)17-5-8-36-38(45)31(26-46)39(47)63-36/h11-12,15,18,25,27-29,34H,5-10,13-14,16-17,19-24,47H2,1-4H3,(H,50,56,57)/t27?,28-,29?,34?,45-/m0/s1. The van der Waals surface area contributed by atoms with E-state index in [1.54, 1.807) is 31.4 Å². The number of rotatable bonds is 15. The lowest BCUT2D eigenvalue weighted by molar-refractivity contribution is -0.135. The SMILES string of the molecule is CC(CCOCCOCCOc1ccc2c(c1)n(C)c(=O)n2C1CCC(=O)NC1=O)C1CCCN(c2nccc(-c3noc([C@@]4(C)CCCc5sc(N)c(C#N)c54)n3)n2)[C@@H](C)CC1. The number of nitrogens with zero attached hydrogens (tertiary/aromatic N) is 8. The molecule has 63 heavy (non-hydrogen) atoms. The number of ether oxygens (including phenoxy) is 3. The Morgan fingerprint density at radius 1 is 1.03 bits per heavy atom. The lowest BCUT2D eigenvalue weighted by Crippen LogP contribution is -2.44. The van der Waals surface area contributed by atoms with Gasteiger partial charge < -0.3 is 29.4 Å². The number of carbonyl (C=O) groups excluding carboxylic acids is 2. The molecule has 3 N–H and O–H groups in total. The number of piperidine rings is 1. The van der Waals surface area contributed by atoms with Crippen LogP contribution in [0.15, 0.2) is 39.8 Å². The molecule has 2 saturated heterocycles. The summed E-state index contributed by atoms with van der Waals surface area (Å²) in [5, 5.41) is 17.1. The fourth-order valence-corrected chi connectivity index (χ4v) is 10.7. The molecule has 8 rings (SSSR count). The van der Waals surface area contributed by atoms with E-state index in [2.05, 4.69) is 47.2 Å². The Morgan fingerprint density at radius 2 is 1.84 bits per heavy atom. The third kappa shape index (κ3) is 9.09. The summed E-state index contributed by atoms with van der Waals surface area (Å²) >= 11 is 1.48. The molecule has 1 aromatic carbocycles. The minimum atomic E-state index is -0.731. The molecule has 2 fully saturated rings. The number of amides is 2. The average molecular weight is 881 g/mol.